The molecule has 1 N–H and O–H groups in total. The van der Waals surface area contributed by atoms with Gasteiger partial charge < -0.3 is 15.0 Å². The molecule has 0 aromatic rings. The average Bonchev–Trinajstić information content (AvgIpc) is 3.05. The molecule has 4 nitrogen and oxygen atoms in total. The van der Waals surface area contributed by atoms with Gasteiger partial charge in [-0.1, -0.05) is 0 Å². The Hall–Kier alpha value is -0.610. The number of rotatable bonds is 7. The highest BCUT2D eigenvalue weighted by molar-refractivity contribution is 5.81. The molecule has 0 aliphatic heterocycles. The predicted octanol–water partition coefficient (Wildman–Crippen LogP) is 0.479. The van der Waals surface area contributed by atoms with Crippen LogP contribution in [0.3, 0.4) is 0 Å². The monoisotopic (exact) mass is 214 g/mol. The predicted molar refractivity (Wildman–Crippen MR) is 59.7 cm³/mol. The molecule has 4 heteroatoms. The fraction of sp³-hybridized carbons (Fsp3) is 0.909. The van der Waals surface area contributed by atoms with Crippen LogP contribution in [-0.2, 0) is 9.53 Å². The summed E-state index contributed by atoms with van der Waals surface area (Å²) in [5, 5.41) is 2.93. The first kappa shape index (κ1) is 12.5. The molecule has 1 amide bonds. The molecule has 0 spiro atoms. The maximum absolute atomic E-state index is 11.6. The maximum Gasteiger partial charge on any atom is 0.239 e. The number of ether oxygens (including phenoxy) is 1. The molecule has 1 aliphatic carbocycles. The summed E-state index contributed by atoms with van der Waals surface area (Å²) in [6.07, 6.45) is 2.62. The number of amides is 1. The van der Waals surface area contributed by atoms with Gasteiger partial charge in [-0.2, -0.15) is 0 Å². The lowest BCUT2D eigenvalue weighted by Gasteiger charge is -2.20. The van der Waals surface area contributed by atoms with E-state index in [2.05, 4.69) is 5.32 Å². The number of carbonyl (C=O) groups is 1. The van der Waals surface area contributed by atoms with Gasteiger partial charge >= 0.3 is 0 Å². The lowest BCUT2D eigenvalue weighted by Crippen LogP contribution is -2.42. The number of likely N-dealkylation sites (N-methyl/N-ethyl adjacent to an activating group) is 2. The van der Waals surface area contributed by atoms with Crippen LogP contribution in [0, 0.1) is 5.92 Å². The van der Waals surface area contributed by atoms with Crippen molar-refractivity contribution in [3.8, 4) is 0 Å². The van der Waals surface area contributed by atoms with Crippen LogP contribution in [-0.4, -0.2) is 50.7 Å². The van der Waals surface area contributed by atoms with Crippen molar-refractivity contribution in [1.29, 1.82) is 0 Å². The molecule has 1 saturated carbocycles. The van der Waals surface area contributed by atoms with Gasteiger partial charge in [-0.25, -0.2) is 0 Å². The number of nitrogens with zero attached hydrogens (tertiary/aromatic N) is 1. The largest absolute Gasteiger partial charge is 0.379 e. The highest BCUT2D eigenvalue weighted by atomic mass is 16.5. The second kappa shape index (κ2) is 6.08. The fourth-order valence-electron chi connectivity index (χ4n) is 1.30. The Morgan fingerprint density at radius 2 is 2.27 bits per heavy atom. The molecule has 0 aromatic carbocycles. The molecule has 88 valence electrons. The van der Waals surface area contributed by atoms with E-state index in [4.69, 9.17) is 4.74 Å². The first-order valence-corrected chi connectivity index (χ1v) is 5.65. The van der Waals surface area contributed by atoms with Crippen LogP contribution in [0.5, 0.6) is 0 Å². The zero-order valence-electron chi connectivity index (χ0n) is 9.95. The first-order valence-electron chi connectivity index (χ1n) is 5.65. The second-order valence-electron chi connectivity index (χ2n) is 4.29. The molecule has 0 radical (unpaired) electrons. The molecule has 1 fully saturated rings. The van der Waals surface area contributed by atoms with E-state index in [1.807, 2.05) is 14.0 Å². The molecular formula is C11H22N2O2. The van der Waals surface area contributed by atoms with Gasteiger partial charge in [0.2, 0.25) is 5.91 Å². The Bertz CT molecular complexity index is 205. The fourth-order valence-corrected chi connectivity index (χ4v) is 1.30. The summed E-state index contributed by atoms with van der Waals surface area (Å²) in [5.41, 5.74) is 0. The summed E-state index contributed by atoms with van der Waals surface area (Å²) in [4.78, 5) is 13.3. The average molecular weight is 214 g/mol. The summed E-state index contributed by atoms with van der Waals surface area (Å²) in [5.74, 6) is 0.912. The van der Waals surface area contributed by atoms with E-state index < -0.39 is 0 Å². The van der Waals surface area contributed by atoms with E-state index >= 15 is 0 Å². The maximum atomic E-state index is 11.6. The summed E-state index contributed by atoms with van der Waals surface area (Å²) < 4.78 is 5.48. The summed E-state index contributed by atoms with van der Waals surface area (Å²) in [6.45, 7) is 4.06. The van der Waals surface area contributed by atoms with Gasteiger partial charge in [0.05, 0.1) is 12.6 Å². The summed E-state index contributed by atoms with van der Waals surface area (Å²) in [6, 6.07) is -0.113. The van der Waals surface area contributed by atoms with E-state index in [0.29, 0.717) is 13.2 Å². The van der Waals surface area contributed by atoms with Crippen LogP contribution in [0.1, 0.15) is 19.8 Å². The third-order valence-corrected chi connectivity index (χ3v) is 2.80. The minimum atomic E-state index is -0.113. The smallest absolute Gasteiger partial charge is 0.239 e. The Balaban J connectivity index is 2.05. The van der Waals surface area contributed by atoms with Gasteiger partial charge in [-0.3, -0.25) is 4.79 Å². The molecule has 1 atom stereocenters. The summed E-state index contributed by atoms with van der Waals surface area (Å²) in [7, 11) is 3.61. The van der Waals surface area contributed by atoms with Crippen molar-refractivity contribution in [2.24, 2.45) is 5.92 Å². The lowest BCUT2D eigenvalue weighted by atomic mass is 10.3. The Morgan fingerprint density at radius 1 is 1.60 bits per heavy atom. The minimum absolute atomic E-state index is 0.113. The standard InChI is InChI=1S/C11H22N2O2/c1-9(12-2)11(14)13(3)6-7-15-8-10-4-5-10/h9-10,12H,4-8H2,1-3H3. The van der Waals surface area contributed by atoms with Crippen LogP contribution in [0.2, 0.25) is 0 Å². The van der Waals surface area contributed by atoms with Crippen LogP contribution in [0.25, 0.3) is 0 Å². The number of nitrogens with one attached hydrogen (secondary N) is 1. The first-order chi connectivity index (χ1) is 7.15. The van der Waals surface area contributed by atoms with Crippen molar-refractivity contribution in [3.05, 3.63) is 0 Å². The summed E-state index contributed by atoms with van der Waals surface area (Å²) >= 11 is 0. The van der Waals surface area contributed by atoms with Gasteiger partial charge in [0, 0.05) is 20.2 Å². The second-order valence-corrected chi connectivity index (χ2v) is 4.29. The van der Waals surface area contributed by atoms with E-state index in [-0.39, 0.29) is 11.9 Å². The molecule has 1 unspecified atom stereocenters. The van der Waals surface area contributed by atoms with Crippen LogP contribution in [0.15, 0.2) is 0 Å². The third kappa shape index (κ3) is 4.62. The third-order valence-electron chi connectivity index (χ3n) is 2.80. The van der Waals surface area contributed by atoms with E-state index in [9.17, 15) is 4.79 Å². The highest BCUT2D eigenvalue weighted by Gasteiger charge is 2.21. The quantitative estimate of drug-likeness (QED) is 0.627. The van der Waals surface area contributed by atoms with Crippen molar-refractivity contribution in [1.82, 2.24) is 10.2 Å². The van der Waals surface area contributed by atoms with Crippen molar-refractivity contribution in [3.63, 3.8) is 0 Å². The number of hydrogen-bond acceptors (Lipinski definition) is 3. The van der Waals surface area contributed by atoms with Crippen molar-refractivity contribution < 1.29 is 9.53 Å². The molecule has 0 aromatic heterocycles. The Morgan fingerprint density at radius 3 is 2.80 bits per heavy atom. The van der Waals surface area contributed by atoms with E-state index in [1.54, 1.807) is 11.9 Å². The Labute approximate surface area is 92.0 Å². The van der Waals surface area contributed by atoms with Gasteiger partial charge in [-0.15, -0.1) is 0 Å². The highest BCUT2D eigenvalue weighted by Crippen LogP contribution is 2.28. The van der Waals surface area contributed by atoms with Crippen molar-refractivity contribution in [2.75, 3.05) is 33.9 Å². The van der Waals surface area contributed by atoms with Gasteiger partial charge in [0.15, 0.2) is 0 Å². The van der Waals surface area contributed by atoms with E-state index in [1.165, 1.54) is 12.8 Å². The van der Waals surface area contributed by atoms with Crippen molar-refractivity contribution >= 4 is 5.91 Å². The van der Waals surface area contributed by atoms with E-state index in [0.717, 1.165) is 12.5 Å². The topological polar surface area (TPSA) is 41.6 Å². The number of hydrogen-bond donors (Lipinski definition) is 1. The lowest BCUT2D eigenvalue weighted by molar-refractivity contribution is -0.132. The molecule has 15 heavy (non-hydrogen) atoms. The molecule has 1 aliphatic rings. The van der Waals surface area contributed by atoms with Crippen LogP contribution >= 0.6 is 0 Å². The zero-order valence-corrected chi connectivity index (χ0v) is 9.95. The molecule has 1 rings (SSSR count). The molecule has 0 heterocycles. The van der Waals surface area contributed by atoms with Crippen molar-refractivity contribution in [2.45, 2.75) is 25.8 Å². The van der Waals surface area contributed by atoms with Gasteiger partial charge in [0.1, 0.15) is 0 Å². The zero-order chi connectivity index (χ0) is 11.3. The minimum Gasteiger partial charge on any atom is -0.379 e. The van der Waals surface area contributed by atoms with Gasteiger partial charge in [0.25, 0.3) is 0 Å². The SMILES string of the molecule is CNC(C)C(=O)N(C)CCOCC1CC1. The normalized spacial score (nSPS) is 17.5. The van der Waals surface area contributed by atoms with Gasteiger partial charge in [-0.05, 0) is 32.7 Å². The van der Waals surface area contributed by atoms with Crippen LogP contribution < -0.4 is 5.32 Å². The Kier molecular flexibility index (Phi) is 5.05. The molecule has 0 saturated heterocycles. The van der Waals surface area contributed by atoms with Crippen LogP contribution in [0.4, 0.5) is 0 Å². The molecular weight excluding hydrogens is 192 g/mol. The number of carbonyl (C=O) groups excluding carboxylic acids is 1. The molecule has 0 bridgehead atoms.